The van der Waals surface area contributed by atoms with E-state index in [1.165, 1.54) is 30.5 Å². The van der Waals surface area contributed by atoms with Gasteiger partial charge in [-0.25, -0.2) is 4.79 Å². The predicted octanol–water partition coefficient (Wildman–Crippen LogP) is 5.14. The minimum Gasteiger partial charge on any atom is -0.410 e. The van der Waals surface area contributed by atoms with E-state index in [9.17, 15) is 4.79 Å². The van der Waals surface area contributed by atoms with Crippen molar-refractivity contribution < 1.29 is 9.53 Å². The molecule has 154 valence electrons. The number of amides is 1. The fourth-order valence-corrected chi connectivity index (χ4v) is 4.66. The first kappa shape index (κ1) is 19.7. The third-order valence-electron chi connectivity index (χ3n) is 6.32. The maximum absolute atomic E-state index is 12.7. The zero-order valence-corrected chi connectivity index (χ0v) is 17.7. The van der Waals surface area contributed by atoms with Gasteiger partial charge in [0.2, 0.25) is 0 Å². The van der Waals surface area contributed by atoms with Gasteiger partial charge < -0.3 is 14.5 Å². The van der Waals surface area contributed by atoms with Gasteiger partial charge in [0.1, 0.15) is 5.75 Å². The van der Waals surface area contributed by atoms with E-state index in [2.05, 4.69) is 35.9 Å². The zero-order chi connectivity index (χ0) is 20.4. The Bertz CT molecular complexity index is 860. The number of carbonyl (C=O) groups excluding carboxylic acids is 1. The smallest absolute Gasteiger partial charge is 0.410 e. The van der Waals surface area contributed by atoms with E-state index in [1.807, 2.05) is 37.5 Å². The normalized spacial score (nSPS) is 18.4. The number of hydrogen-bond acceptors (Lipinski definition) is 4. The molecule has 2 aliphatic rings. The molecular formula is C24H31N3O2. The standard InChI is InChI=1S/C24H31N3O2/c1-24(2)17-27(16-18-9-7-8-14-25-18)22-13-12-20(15-21(22)24)29-23(28)26(3)19-10-5-4-6-11-19/h7-9,12-15,19H,4-6,10-11,16-17H2,1-3H3. The lowest BCUT2D eigenvalue weighted by Gasteiger charge is -2.30. The summed E-state index contributed by atoms with van der Waals surface area (Å²) in [5, 5.41) is 0. The number of rotatable bonds is 4. The highest BCUT2D eigenvalue weighted by Crippen LogP contribution is 2.42. The molecule has 5 nitrogen and oxygen atoms in total. The molecule has 0 atom stereocenters. The summed E-state index contributed by atoms with van der Waals surface area (Å²) in [6, 6.07) is 12.4. The summed E-state index contributed by atoms with van der Waals surface area (Å²) in [5.41, 5.74) is 3.46. The quantitative estimate of drug-likeness (QED) is 0.721. The van der Waals surface area contributed by atoms with Crippen LogP contribution >= 0.6 is 0 Å². The Morgan fingerprint density at radius 1 is 1.21 bits per heavy atom. The Morgan fingerprint density at radius 2 is 2.00 bits per heavy atom. The number of carbonyl (C=O) groups is 1. The Morgan fingerprint density at radius 3 is 2.72 bits per heavy atom. The van der Waals surface area contributed by atoms with Gasteiger partial charge in [0.05, 0.1) is 12.2 Å². The second-order valence-electron chi connectivity index (χ2n) is 9.01. The number of anilines is 1. The highest BCUT2D eigenvalue weighted by atomic mass is 16.6. The Kier molecular flexibility index (Phi) is 5.48. The average Bonchev–Trinajstić information content (AvgIpc) is 2.98. The number of pyridine rings is 1. The van der Waals surface area contributed by atoms with Crippen molar-refractivity contribution in [2.24, 2.45) is 0 Å². The molecule has 1 amide bonds. The van der Waals surface area contributed by atoms with Crippen molar-refractivity contribution >= 4 is 11.8 Å². The van der Waals surface area contributed by atoms with E-state index < -0.39 is 0 Å². The van der Waals surface area contributed by atoms with Crippen LogP contribution in [0.1, 0.15) is 57.2 Å². The fraction of sp³-hybridized carbons (Fsp3) is 0.500. The van der Waals surface area contributed by atoms with Gasteiger partial charge >= 0.3 is 6.09 Å². The summed E-state index contributed by atoms with van der Waals surface area (Å²) in [6.45, 7) is 6.17. The predicted molar refractivity (Wildman–Crippen MR) is 115 cm³/mol. The third kappa shape index (κ3) is 4.24. The highest BCUT2D eigenvalue weighted by molar-refractivity contribution is 5.72. The number of ether oxygens (including phenoxy) is 1. The van der Waals surface area contributed by atoms with Crippen LogP contribution in [-0.2, 0) is 12.0 Å². The van der Waals surface area contributed by atoms with Crippen molar-refractivity contribution in [3.63, 3.8) is 0 Å². The largest absolute Gasteiger partial charge is 0.415 e. The molecule has 29 heavy (non-hydrogen) atoms. The molecule has 1 aliphatic heterocycles. The molecule has 2 heterocycles. The highest BCUT2D eigenvalue weighted by Gasteiger charge is 2.35. The molecule has 1 aliphatic carbocycles. The van der Waals surface area contributed by atoms with Crippen LogP contribution < -0.4 is 9.64 Å². The van der Waals surface area contributed by atoms with E-state index in [0.717, 1.165) is 31.6 Å². The lowest BCUT2D eigenvalue weighted by Crippen LogP contribution is -2.40. The monoisotopic (exact) mass is 393 g/mol. The second kappa shape index (κ2) is 8.05. The van der Waals surface area contributed by atoms with E-state index in [0.29, 0.717) is 11.8 Å². The SMILES string of the molecule is CN(C(=O)Oc1ccc2c(c1)C(C)(C)CN2Cc1ccccn1)C1CCCCC1. The van der Waals surface area contributed by atoms with Gasteiger partial charge in [-0.1, -0.05) is 39.2 Å². The number of benzene rings is 1. The lowest BCUT2D eigenvalue weighted by molar-refractivity contribution is 0.133. The van der Waals surface area contributed by atoms with Gasteiger partial charge in [0.15, 0.2) is 0 Å². The first-order valence-corrected chi connectivity index (χ1v) is 10.7. The van der Waals surface area contributed by atoms with Gasteiger partial charge in [-0.3, -0.25) is 4.98 Å². The maximum Gasteiger partial charge on any atom is 0.415 e. The van der Waals surface area contributed by atoms with Gasteiger partial charge in [-0.15, -0.1) is 0 Å². The van der Waals surface area contributed by atoms with Crippen LogP contribution in [0.2, 0.25) is 0 Å². The molecule has 0 saturated heterocycles. The molecule has 1 fully saturated rings. The summed E-state index contributed by atoms with van der Waals surface area (Å²) in [7, 11) is 1.87. The van der Waals surface area contributed by atoms with Crippen molar-refractivity contribution in [2.45, 2.75) is 64.0 Å². The van der Waals surface area contributed by atoms with Crippen molar-refractivity contribution in [1.29, 1.82) is 0 Å². The molecule has 2 aromatic rings. The summed E-state index contributed by atoms with van der Waals surface area (Å²) < 4.78 is 5.76. The number of nitrogens with zero attached hydrogens (tertiary/aromatic N) is 3. The van der Waals surface area contributed by atoms with E-state index in [1.54, 1.807) is 4.90 Å². The Labute approximate surface area is 173 Å². The van der Waals surface area contributed by atoms with Crippen molar-refractivity contribution in [1.82, 2.24) is 9.88 Å². The summed E-state index contributed by atoms with van der Waals surface area (Å²) in [6.07, 6.45) is 7.40. The second-order valence-corrected chi connectivity index (χ2v) is 9.01. The molecule has 1 aromatic carbocycles. The molecule has 1 aromatic heterocycles. The molecule has 5 heteroatoms. The van der Waals surface area contributed by atoms with Gasteiger partial charge in [-0.2, -0.15) is 0 Å². The van der Waals surface area contributed by atoms with Gasteiger partial charge in [-0.05, 0) is 48.7 Å². The van der Waals surface area contributed by atoms with Crippen molar-refractivity contribution in [3.05, 3.63) is 53.9 Å². The topological polar surface area (TPSA) is 45.7 Å². The molecule has 0 spiro atoms. The number of aromatic nitrogens is 1. The van der Waals surface area contributed by atoms with Gasteiger partial charge in [0.25, 0.3) is 0 Å². The third-order valence-corrected chi connectivity index (χ3v) is 6.32. The van der Waals surface area contributed by atoms with Crippen LogP contribution in [-0.4, -0.2) is 35.6 Å². The van der Waals surface area contributed by atoms with Crippen LogP contribution in [0.3, 0.4) is 0 Å². The van der Waals surface area contributed by atoms with Crippen LogP contribution in [0.25, 0.3) is 0 Å². The molecule has 1 saturated carbocycles. The van der Waals surface area contributed by atoms with Crippen molar-refractivity contribution in [3.8, 4) is 5.75 Å². The summed E-state index contributed by atoms with van der Waals surface area (Å²) in [4.78, 5) is 21.3. The van der Waals surface area contributed by atoms with E-state index >= 15 is 0 Å². The Hall–Kier alpha value is -2.56. The molecular weight excluding hydrogens is 362 g/mol. The molecule has 0 bridgehead atoms. The van der Waals surface area contributed by atoms with Crippen LogP contribution in [0.5, 0.6) is 5.75 Å². The summed E-state index contributed by atoms with van der Waals surface area (Å²) >= 11 is 0. The average molecular weight is 394 g/mol. The minimum absolute atomic E-state index is 0.0121. The minimum atomic E-state index is -0.252. The maximum atomic E-state index is 12.7. The van der Waals surface area contributed by atoms with E-state index in [4.69, 9.17) is 4.74 Å². The first-order valence-electron chi connectivity index (χ1n) is 10.7. The molecule has 0 unspecified atom stereocenters. The molecule has 0 radical (unpaired) electrons. The lowest BCUT2D eigenvalue weighted by atomic mass is 9.87. The van der Waals surface area contributed by atoms with Crippen molar-refractivity contribution in [2.75, 3.05) is 18.5 Å². The van der Waals surface area contributed by atoms with Crippen LogP contribution in [0.15, 0.2) is 42.6 Å². The first-order chi connectivity index (χ1) is 13.9. The Balaban J connectivity index is 1.49. The molecule has 4 rings (SSSR count). The fourth-order valence-electron chi connectivity index (χ4n) is 4.66. The molecule has 0 N–H and O–H groups in total. The van der Waals surface area contributed by atoms with E-state index in [-0.39, 0.29) is 11.5 Å². The van der Waals surface area contributed by atoms with Gasteiger partial charge in [0, 0.05) is 36.9 Å². The number of hydrogen-bond donors (Lipinski definition) is 0. The van der Waals surface area contributed by atoms with Crippen LogP contribution in [0, 0.1) is 0 Å². The zero-order valence-electron chi connectivity index (χ0n) is 17.7. The number of fused-ring (bicyclic) bond motifs is 1. The summed E-state index contributed by atoms with van der Waals surface area (Å²) in [5.74, 6) is 0.629. The van der Waals surface area contributed by atoms with Crippen LogP contribution in [0.4, 0.5) is 10.5 Å².